The molecule has 1 heterocycles. The molecule has 0 aliphatic rings. The van der Waals surface area contributed by atoms with E-state index in [2.05, 4.69) is 23.6 Å². The molecule has 1 atom stereocenters. The van der Waals surface area contributed by atoms with E-state index in [1.54, 1.807) is 7.11 Å². The van der Waals surface area contributed by atoms with Gasteiger partial charge in [0.15, 0.2) is 10.9 Å². The lowest BCUT2D eigenvalue weighted by atomic mass is 9.97. The van der Waals surface area contributed by atoms with Crippen LogP contribution in [0.5, 0.6) is 5.75 Å². The average molecular weight is 431 g/mol. The van der Waals surface area contributed by atoms with Crippen LogP contribution in [-0.2, 0) is 0 Å². The largest absolute Gasteiger partial charge is 0.497 e. The molecule has 0 amide bonds. The van der Waals surface area contributed by atoms with E-state index < -0.39 is 0 Å². The number of fused-ring (bicyclic) bond motifs is 1. The Labute approximate surface area is 187 Å². The van der Waals surface area contributed by atoms with Crippen LogP contribution in [0.2, 0.25) is 0 Å². The van der Waals surface area contributed by atoms with E-state index in [0.29, 0.717) is 0 Å². The maximum atomic E-state index is 13.3. The SMILES string of the molecule is COc1ccc(-n2c(S[C@H](C)C(=O)c3cc(C)c(C)cc3C)nc3ccccc32)cc1. The van der Waals surface area contributed by atoms with Gasteiger partial charge in [0.05, 0.1) is 23.4 Å². The maximum absolute atomic E-state index is 13.3. The molecule has 31 heavy (non-hydrogen) atoms. The molecule has 4 rings (SSSR count). The predicted octanol–water partition coefficient (Wildman–Crippen LogP) is 6.32. The predicted molar refractivity (Wildman–Crippen MR) is 128 cm³/mol. The van der Waals surface area contributed by atoms with Gasteiger partial charge in [-0.1, -0.05) is 30.0 Å². The van der Waals surface area contributed by atoms with Gasteiger partial charge in [-0.15, -0.1) is 0 Å². The number of aryl methyl sites for hydroxylation is 3. The molecule has 0 fully saturated rings. The van der Waals surface area contributed by atoms with Gasteiger partial charge in [0.25, 0.3) is 0 Å². The molecular formula is C26H26N2O2S. The first-order chi connectivity index (χ1) is 14.9. The summed E-state index contributed by atoms with van der Waals surface area (Å²) in [4.78, 5) is 18.1. The number of nitrogens with zero attached hydrogens (tertiary/aromatic N) is 2. The number of methoxy groups -OCH3 is 1. The number of hydrogen-bond acceptors (Lipinski definition) is 4. The van der Waals surface area contributed by atoms with Crippen molar-refractivity contribution in [3.63, 3.8) is 0 Å². The molecule has 4 aromatic rings. The van der Waals surface area contributed by atoms with Crippen LogP contribution in [0.15, 0.2) is 65.8 Å². The van der Waals surface area contributed by atoms with Crippen LogP contribution < -0.4 is 4.74 Å². The molecule has 0 saturated heterocycles. The van der Waals surface area contributed by atoms with Crippen LogP contribution in [0.4, 0.5) is 0 Å². The molecule has 0 aliphatic heterocycles. The van der Waals surface area contributed by atoms with Gasteiger partial charge < -0.3 is 4.74 Å². The molecule has 1 aromatic heterocycles. The van der Waals surface area contributed by atoms with Crippen LogP contribution >= 0.6 is 11.8 Å². The van der Waals surface area contributed by atoms with Gasteiger partial charge >= 0.3 is 0 Å². The zero-order valence-electron chi connectivity index (χ0n) is 18.5. The first-order valence-corrected chi connectivity index (χ1v) is 11.2. The first-order valence-electron chi connectivity index (χ1n) is 10.3. The fourth-order valence-electron chi connectivity index (χ4n) is 3.72. The minimum Gasteiger partial charge on any atom is -0.497 e. The van der Waals surface area contributed by atoms with E-state index in [-0.39, 0.29) is 11.0 Å². The average Bonchev–Trinajstić information content (AvgIpc) is 3.13. The normalized spacial score (nSPS) is 12.2. The third-order valence-corrected chi connectivity index (χ3v) is 6.67. The van der Waals surface area contributed by atoms with Gasteiger partial charge in [-0.05, 0) is 86.8 Å². The van der Waals surface area contributed by atoms with Crippen molar-refractivity contribution in [1.29, 1.82) is 0 Å². The Balaban J connectivity index is 1.72. The summed E-state index contributed by atoms with van der Waals surface area (Å²) in [6.45, 7) is 8.08. The van der Waals surface area contributed by atoms with E-state index in [9.17, 15) is 4.79 Å². The van der Waals surface area contributed by atoms with Gasteiger partial charge in [0, 0.05) is 11.3 Å². The van der Waals surface area contributed by atoms with Gasteiger partial charge in [0.2, 0.25) is 0 Å². The molecule has 4 nitrogen and oxygen atoms in total. The Morgan fingerprint density at radius 1 is 0.968 bits per heavy atom. The summed E-state index contributed by atoms with van der Waals surface area (Å²) in [7, 11) is 1.66. The summed E-state index contributed by atoms with van der Waals surface area (Å²) in [6, 6.07) is 20.0. The standard InChI is InChI=1S/C26H26N2O2S/c1-16-14-18(3)22(15-17(16)2)25(29)19(4)31-26-27-23-8-6-7-9-24(23)28(26)20-10-12-21(30-5)13-11-20/h6-15,19H,1-5H3/t19-/m1/s1. The maximum Gasteiger partial charge on any atom is 0.176 e. The lowest BCUT2D eigenvalue weighted by molar-refractivity contribution is 0.0993. The Hall–Kier alpha value is -3.05. The molecule has 0 radical (unpaired) electrons. The molecule has 0 unspecified atom stereocenters. The number of thioether (sulfide) groups is 1. The van der Waals surface area contributed by atoms with Gasteiger partial charge in [-0.25, -0.2) is 4.98 Å². The minimum atomic E-state index is -0.269. The number of aromatic nitrogens is 2. The number of hydrogen-bond donors (Lipinski definition) is 0. The third kappa shape index (κ3) is 4.10. The highest BCUT2D eigenvalue weighted by molar-refractivity contribution is 8.00. The van der Waals surface area contributed by atoms with Gasteiger partial charge in [-0.3, -0.25) is 9.36 Å². The number of carbonyl (C=O) groups excluding carboxylic acids is 1. The molecule has 5 heteroatoms. The van der Waals surface area contributed by atoms with Crippen LogP contribution in [-0.4, -0.2) is 27.7 Å². The second kappa shape index (κ2) is 8.60. The fourth-order valence-corrected chi connectivity index (χ4v) is 4.73. The van der Waals surface area contributed by atoms with Crippen LogP contribution in [0, 0.1) is 20.8 Å². The van der Waals surface area contributed by atoms with E-state index in [1.807, 2.05) is 69.3 Å². The summed E-state index contributed by atoms with van der Waals surface area (Å²) in [6.07, 6.45) is 0. The highest BCUT2D eigenvalue weighted by atomic mass is 32.2. The highest BCUT2D eigenvalue weighted by Crippen LogP contribution is 2.32. The zero-order valence-corrected chi connectivity index (χ0v) is 19.3. The lowest BCUT2D eigenvalue weighted by Gasteiger charge is -2.15. The topological polar surface area (TPSA) is 44.1 Å². The minimum absolute atomic E-state index is 0.124. The van der Waals surface area contributed by atoms with Crippen molar-refractivity contribution < 1.29 is 9.53 Å². The monoisotopic (exact) mass is 430 g/mol. The molecular weight excluding hydrogens is 404 g/mol. The summed E-state index contributed by atoms with van der Waals surface area (Å²) < 4.78 is 7.41. The smallest absolute Gasteiger partial charge is 0.176 e. The summed E-state index contributed by atoms with van der Waals surface area (Å²) in [5, 5.41) is 0.531. The Morgan fingerprint density at radius 3 is 2.35 bits per heavy atom. The van der Waals surface area contributed by atoms with Crippen molar-refractivity contribution in [2.75, 3.05) is 7.11 Å². The van der Waals surface area contributed by atoms with Crippen molar-refractivity contribution in [1.82, 2.24) is 9.55 Å². The molecule has 0 aliphatic carbocycles. The van der Waals surface area contributed by atoms with Crippen molar-refractivity contribution in [2.45, 2.75) is 38.1 Å². The fraction of sp³-hybridized carbons (Fsp3) is 0.231. The van der Waals surface area contributed by atoms with Crippen molar-refractivity contribution in [3.8, 4) is 11.4 Å². The second-order valence-electron chi connectivity index (χ2n) is 7.79. The molecule has 0 spiro atoms. The summed E-state index contributed by atoms with van der Waals surface area (Å²) in [5.41, 5.74) is 7.05. The number of carbonyl (C=O) groups is 1. The number of Topliss-reactive ketones (excluding diaryl/α,β-unsaturated/α-hetero) is 1. The summed E-state index contributed by atoms with van der Waals surface area (Å²) in [5.74, 6) is 0.926. The van der Waals surface area contributed by atoms with Crippen molar-refractivity contribution in [3.05, 3.63) is 82.9 Å². The van der Waals surface area contributed by atoms with Gasteiger partial charge in [0.1, 0.15) is 5.75 Å². The Bertz CT molecular complexity index is 1260. The molecule has 3 aromatic carbocycles. The van der Waals surface area contributed by atoms with E-state index in [4.69, 9.17) is 9.72 Å². The highest BCUT2D eigenvalue weighted by Gasteiger charge is 2.23. The zero-order chi connectivity index (χ0) is 22.1. The van der Waals surface area contributed by atoms with Crippen LogP contribution in [0.25, 0.3) is 16.7 Å². The molecule has 0 saturated carbocycles. The van der Waals surface area contributed by atoms with E-state index in [0.717, 1.165) is 44.3 Å². The number of rotatable bonds is 6. The molecule has 158 valence electrons. The number of para-hydroxylation sites is 2. The quantitative estimate of drug-likeness (QED) is 0.265. The number of ether oxygens (including phenoxy) is 1. The van der Waals surface area contributed by atoms with Crippen LogP contribution in [0.3, 0.4) is 0 Å². The van der Waals surface area contributed by atoms with Crippen molar-refractivity contribution in [2.24, 2.45) is 0 Å². The Morgan fingerprint density at radius 2 is 1.65 bits per heavy atom. The molecule has 0 N–H and O–H groups in total. The Kier molecular flexibility index (Phi) is 5.88. The number of imidazole rings is 1. The lowest BCUT2D eigenvalue weighted by Crippen LogP contribution is -2.16. The van der Waals surface area contributed by atoms with Crippen molar-refractivity contribution >= 4 is 28.6 Å². The van der Waals surface area contributed by atoms with Gasteiger partial charge in [-0.2, -0.15) is 0 Å². The third-order valence-electron chi connectivity index (χ3n) is 5.62. The van der Waals surface area contributed by atoms with E-state index >= 15 is 0 Å². The first kappa shape index (κ1) is 21.2. The second-order valence-corrected chi connectivity index (χ2v) is 9.10. The summed E-state index contributed by atoms with van der Waals surface area (Å²) >= 11 is 1.49. The number of ketones is 1. The molecule has 0 bridgehead atoms. The van der Waals surface area contributed by atoms with E-state index in [1.165, 1.54) is 17.3 Å². The van der Waals surface area contributed by atoms with Crippen LogP contribution in [0.1, 0.15) is 34.0 Å². The number of benzene rings is 3.